The lowest BCUT2D eigenvalue weighted by Crippen LogP contribution is -2.33. The molecule has 0 saturated heterocycles. The van der Waals surface area contributed by atoms with E-state index in [1.54, 1.807) is 31.1 Å². The number of hydrogen-bond acceptors (Lipinski definition) is 4. The fourth-order valence-electron chi connectivity index (χ4n) is 1.78. The zero-order chi connectivity index (χ0) is 15.3. The fraction of sp³-hybridized carbons (Fsp3) is 0.462. The molecule has 0 heterocycles. The number of amides is 1. The molecule has 0 radical (unpaired) electrons. The Morgan fingerprint density at radius 3 is 2.55 bits per heavy atom. The first-order chi connectivity index (χ1) is 9.31. The maximum absolute atomic E-state index is 12.3. The van der Waals surface area contributed by atoms with Gasteiger partial charge in [0.25, 0.3) is 15.0 Å². The minimum atomic E-state index is -3.86. The lowest BCUT2D eigenvalue weighted by atomic mass is 10.1. The number of carbonyl (C=O) groups is 1. The average molecular weight is 320 g/mol. The van der Waals surface area contributed by atoms with Gasteiger partial charge in [-0.25, -0.2) is 8.42 Å². The van der Waals surface area contributed by atoms with E-state index in [1.165, 1.54) is 6.07 Å². The van der Waals surface area contributed by atoms with Gasteiger partial charge in [-0.2, -0.15) is 0 Å². The van der Waals surface area contributed by atoms with Gasteiger partial charge in [-0.3, -0.25) is 4.79 Å². The van der Waals surface area contributed by atoms with Crippen LogP contribution in [0.2, 0.25) is 0 Å². The molecule has 0 spiro atoms. The molecule has 0 aliphatic carbocycles. The van der Waals surface area contributed by atoms with Gasteiger partial charge in [0.2, 0.25) is 0 Å². The normalized spacial score (nSPS) is 11.4. The number of methoxy groups -OCH3 is 1. The summed E-state index contributed by atoms with van der Waals surface area (Å²) in [4.78, 5) is 13.9. The summed E-state index contributed by atoms with van der Waals surface area (Å²) in [5, 5.41) is 0. The third-order valence-electron chi connectivity index (χ3n) is 2.93. The first-order valence-corrected chi connectivity index (χ1v) is 8.45. The Kier molecular flexibility index (Phi) is 5.98. The Morgan fingerprint density at radius 1 is 1.40 bits per heavy atom. The summed E-state index contributed by atoms with van der Waals surface area (Å²) in [6.07, 6.45) is 0. The zero-order valence-electron chi connectivity index (χ0n) is 11.7. The van der Waals surface area contributed by atoms with Crippen LogP contribution in [0, 0.1) is 6.92 Å². The highest BCUT2D eigenvalue weighted by atomic mass is 35.7. The van der Waals surface area contributed by atoms with E-state index in [0.717, 1.165) is 0 Å². The van der Waals surface area contributed by atoms with E-state index in [2.05, 4.69) is 0 Å². The van der Waals surface area contributed by atoms with Gasteiger partial charge in [0, 0.05) is 36.4 Å². The Hall–Kier alpha value is -1.11. The van der Waals surface area contributed by atoms with Gasteiger partial charge in [0.15, 0.2) is 0 Å². The molecule has 1 rings (SSSR count). The largest absolute Gasteiger partial charge is 0.383 e. The number of likely N-dealkylation sites (N-methyl/N-ethyl adjacent to an activating group) is 1. The Morgan fingerprint density at radius 2 is 2.05 bits per heavy atom. The fourth-order valence-corrected chi connectivity index (χ4v) is 3.00. The molecule has 0 aliphatic rings. The molecule has 0 unspecified atom stereocenters. The maximum atomic E-state index is 12.3. The van der Waals surface area contributed by atoms with Gasteiger partial charge in [-0.1, -0.05) is 6.07 Å². The van der Waals surface area contributed by atoms with E-state index in [4.69, 9.17) is 15.4 Å². The number of nitrogens with zero attached hydrogens (tertiary/aromatic N) is 1. The van der Waals surface area contributed by atoms with E-state index in [1.807, 2.05) is 6.92 Å². The molecule has 1 aromatic rings. The number of rotatable bonds is 6. The molecular weight excluding hydrogens is 302 g/mol. The van der Waals surface area contributed by atoms with E-state index in [-0.39, 0.29) is 10.8 Å². The summed E-state index contributed by atoms with van der Waals surface area (Å²) in [6, 6.07) is 4.49. The van der Waals surface area contributed by atoms with Crippen LogP contribution >= 0.6 is 10.7 Å². The van der Waals surface area contributed by atoms with Crippen molar-refractivity contribution in [3.63, 3.8) is 0 Å². The lowest BCUT2D eigenvalue weighted by molar-refractivity contribution is 0.0706. The Balaban J connectivity index is 3.11. The van der Waals surface area contributed by atoms with Crippen molar-refractivity contribution in [1.29, 1.82) is 0 Å². The molecule has 1 aromatic carbocycles. The van der Waals surface area contributed by atoms with Gasteiger partial charge in [-0.15, -0.1) is 0 Å². The first kappa shape index (κ1) is 16.9. The van der Waals surface area contributed by atoms with Crippen LogP contribution in [0.5, 0.6) is 0 Å². The molecule has 0 bridgehead atoms. The molecule has 0 aliphatic heterocycles. The monoisotopic (exact) mass is 319 g/mol. The standard InChI is InChI=1S/C13H18ClNO4S/c1-4-15(7-8-19-3)13(16)11-6-5-10(2)12(9-11)20(14,17)18/h5-6,9H,4,7-8H2,1-3H3. The van der Waals surface area contributed by atoms with Gasteiger partial charge in [0.1, 0.15) is 0 Å². The molecule has 5 nitrogen and oxygen atoms in total. The van der Waals surface area contributed by atoms with Gasteiger partial charge >= 0.3 is 0 Å². The average Bonchev–Trinajstić information content (AvgIpc) is 2.38. The van der Waals surface area contributed by atoms with Crippen LogP contribution in [0.1, 0.15) is 22.8 Å². The van der Waals surface area contributed by atoms with Crippen molar-refractivity contribution >= 4 is 25.6 Å². The van der Waals surface area contributed by atoms with Gasteiger partial charge in [0.05, 0.1) is 11.5 Å². The minimum Gasteiger partial charge on any atom is -0.383 e. The first-order valence-electron chi connectivity index (χ1n) is 6.14. The van der Waals surface area contributed by atoms with Crippen molar-refractivity contribution in [2.45, 2.75) is 18.7 Å². The summed E-state index contributed by atoms with van der Waals surface area (Å²) in [7, 11) is 3.06. The summed E-state index contributed by atoms with van der Waals surface area (Å²) < 4.78 is 27.9. The topological polar surface area (TPSA) is 63.7 Å². The second-order valence-corrected chi connectivity index (χ2v) is 6.83. The predicted octanol–water partition coefficient (Wildman–Crippen LogP) is 2.03. The van der Waals surface area contributed by atoms with E-state index < -0.39 is 9.05 Å². The smallest absolute Gasteiger partial charge is 0.261 e. The highest BCUT2D eigenvalue weighted by molar-refractivity contribution is 8.13. The summed E-state index contributed by atoms with van der Waals surface area (Å²) >= 11 is 0. The van der Waals surface area contributed by atoms with Gasteiger partial charge in [-0.05, 0) is 31.5 Å². The molecule has 1 amide bonds. The summed E-state index contributed by atoms with van der Waals surface area (Å²) in [5.74, 6) is -0.244. The second kappa shape index (κ2) is 7.06. The highest BCUT2D eigenvalue weighted by Crippen LogP contribution is 2.21. The maximum Gasteiger partial charge on any atom is 0.261 e. The number of aryl methyl sites for hydroxylation is 1. The van der Waals surface area contributed by atoms with E-state index in [9.17, 15) is 13.2 Å². The third kappa shape index (κ3) is 4.19. The highest BCUT2D eigenvalue weighted by Gasteiger charge is 2.19. The van der Waals surface area contributed by atoms with Crippen LogP contribution in [0.15, 0.2) is 23.1 Å². The number of hydrogen-bond donors (Lipinski definition) is 0. The van der Waals surface area contributed by atoms with Crippen LogP contribution in [0.25, 0.3) is 0 Å². The van der Waals surface area contributed by atoms with Crippen molar-refractivity contribution < 1.29 is 17.9 Å². The summed E-state index contributed by atoms with van der Waals surface area (Å²) in [5.41, 5.74) is 0.810. The van der Waals surface area contributed by atoms with Crippen molar-refractivity contribution in [3.8, 4) is 0 Å². The van der Waals surface area contributed by atoms with Crippen LogP contribution in [-0.4, -0.2) is 46.0 Å². The molecule has 0 N–H and O–H groups in total. The number of ether oxygens (including phenoxy) is 1. The van der Waals surface area contributed by atoms with Crippen molar-refractivity contribution in [2.24, 2.45) is 0 Å². The molecule has 7 heteroatoms. The molecule has 0 saturated carbocycles. The number of halogens is 1. The molecule has 0 aromatic heterocycles. The zero-order valence-corrected chi connectivity index (χ0v) is 13.3. The second-order valence-electron chi connectivity index (χ2n) is 4.30. The van der Waals surface area contributed by atoms with Crippen LogP contribution in [0.3, 0.4) is 0 Å². The quantitative estimate of drug-likeness (QED) is 0.753. The summed E-state index contributed by atoms with van der Waals surface area (Å²) in [6.45, 7) is 4.86. The molecular formula is C13H18ClNO4S. The molecule has 112 valence electrons. The molecule has 20 heavy (non-hydrogen) atoms. The van der Waals surface area contributed by atoms with Crippen molar-refractivity contribution in [1.82, 2.24) is 4.90 Å². The van der Waals surface area contributed by atoms with E-state index in [0.29, 0.717) is 30.8 Å². The molecule has 0 fully saturated rings. The SMILES string of the molecule is CCN(CCOC)C(=O)c1ccc(C)c(S(=O)(=O)Cl)c1. The van der Waals surface area contributed by atoms with E-state index >= 15 is 0 Å². The predicted molar refractivity (Wildman–Crippen MR) is 77.7 cm³/mol. The lowest BCUT2D eigenvalue weighted by Gasteiger charge is -2.20. The Labute approximate surface area is 123 Å². The number of benzene rings is 1. The molecule has 0 atom stereocenters. The van der Waals surface area contributed by atoms with Gasteiger partial charge < -0.3 is 9.64 Å². The van der Waals surface area contributed by atoms with Crippen LogP contribution in [0.4, 0.5) is 0 Å². The Bertz CT molecular complexity index is 586. The van der Waals surface area contributed by atoms with Crippen LogP contribution in [-0.2, 0) is 13.8 Å². The number of carbonyl (C=O) groups excluding carboxylic acids is 1. The van der Waals surface area contributed by atoms with Crippen molar-refractivity contribution in [2.75, 3.05) is 26.8 Å². The van der Waals surface area contributed by atoms with Crippen molar-refractivity contribution in [3.05, 3.63) is 29.3 Å². The van der Waals surface area contributed by atoms with Crippen LogP contribution < -0.4 is 0 Å². The minimum absolute atomic E-state index is 0.0344. The third-order valence-corrected chi connectivity index (χ3v) is 4.40.